The fraction of sp³-hybridized carbons (Fsp3) is 0.400. The maximum absolute atomic E-state index is 11.9. The van der Waals surface area contributed by atoms with E-state index in [1.807, 2.05) is 6.92 Å². The Morgan fingerprint density at radius 3 is 2.90 bits per heavy atom. The first-order valence-electron chi connectivity index (χ1n) is 6.88. The maximum atomic E-state index is 11.9. The number of rotatable bonds is 6. The minimum Gasteiger partial charge on any atom is -0.353 e. The summed E-state index contributed by atoms with van der Waals surface area (Å²) in [6.07, 6.45) is 2.27. The third-order valence-corrected chi connectivity index (χ3v) is 4.04. The van der Waals surface area contributed by atoms with Crippen molar-refractivity contribution in [3.63, 3.8) is 0 Å². The fourth-order valence-electron chi connectivity index (χ4n) is 2.17. The van der Waals surface area contributed by atoms with Crippen molar-refractivity contribution in [1.29, 1.82) is 0 Å². The first kappa shape index (κ1) is 15.6. The highest BCUT2D eigenvalue weighted by atomic mass is 32.2. The van der Waals surface area contributed by atoms with Crippen LogP contribution in [0.1, 0.15) is 23.6 Å². The summed E-state index contributed by atoms with van der Waals surface area (Å²) in [5.74, 6) is 0.348. The third kappa shape index (κ3) is 4.90. The summed E-state index contributed by atoms with van der Waals surface area (Å²) >= 11 is 1.35. The summed E-state index contributed by atoms with van der Waals surface area (Å²) < 4.78 is 0. The van der Waals surface area contributed by atoms with Gasteiger partial charge < -0.3 is 5.32 Å². The van der Waals surface area contributed by atoms with Crippen LogP contribution in [-0.2, 0) is 11.2 Å². The van der Waals surface area contributed by atoms with Crippen LogP contribution in [0.2, 0.25) is 0 Å². The average molecular weight is 304 g/mol. The summed E-state index contributed by atoms with van der Waals surface area (Å²) in [7, 11) is 0. The van der Waals surface area contributed by atoms with Crippen molar-refractivity contribution in [2.45, 2.75) is 38.4 Å². The number of aromatic amines is 1. The van der Waals surface area contributed by atoms with Gasteiger partial charge in [-0.15, -0.1) is 0 Å². The van der Waals surface area contributed by atoms with Gasteiger partial charge in [0.25, 0.3) is 0 Å². The number of carbonyl (C=O) groups is 1. The molecule has 1 atom stereocenters. The molecule has 1 aromatic carbocycles. The van der Waals surface area contributed by atoms with Gasteiger partial charge in [-0.2, -0.15) is 5.10 Å². The molecule has 0 saturated heterocycles. The lowest BCUT2D eigenvalue weighted by atomic mass is 10.00. The molecule has 2 N–H and O–H groups in total. The Balaban J connectivity index is 1.80. The molecule has 0 spiro atoms. The van der Waals surface area contributed by atoms with Crippen LogP contribution in [0.3, 0.4) is 0 Å². The predicted octanol–water partition coefficient (Wildman–Crippen LogP) is 2.26. The largest absolute Gasteiger partial charge is 0.353 e. The minimum atomic E-state index is 0.00802. The second kappa shape index (κ2) is 7.26. The number of hydrogen-bond acceptors (Lipinski definition) is 4. The Hall–Kier alpha value is -1.82. The number of nitrogens with zero attached hydrogens (tertiary/aromatic N) is 2. The summed E-state index contributed by atoms with van der Waals surface area (Å²) in [5.41, 5.74) is 3.81. The molecule has 0 aliphatic heterocycles. The standard InChI is InChI=1S/C15H20N4OS/c1-10-4-5-13(11(2)6-10)7-12(3)18-14(20)8-21-15-16-9-17-19-15/h4-6,9,12H,7-8H2,1-3H3,(H,18,20)(H,16,17,19)/t12-/m1/s1. The number of aromatic nitrogens is 3. The molecule has 6 heteroatoms. The first-order chi connectivity index (χ1) is 10.0. The van der Waals surface area contributed by atoms with Crippen molar-refractivity contribution in [1.82, 2.24) is 20.5 Å². The van der Waals surface area contributed by atoms with E-state index in [0.717, 1.165) is 6.42 Å². The summed E-state index contributed by atoms with van der Waals surface area (Å²) in [5, 5.41) is 10.1. The van der Waals surface area contributed by atoms with Crippen LogP contribution < -0.4 is 5.32 Å². The van der Waals surface area contributed by atoms with Crippen LogP contribution in [-0.4, -0.2) is 32.9 Å². The average Bonchev–Trinajstić information content (AvgIpc) is 2.93. The Labute approximate surface area is 128 Å². The number of hydrogen-bond donors (Lipinski definition) is 2. The normalized spacial score (nSPS) is 12.1. The molecule has 0 aliphatic carbocycles. The third-order valence-electron chi connectivity index (χ3n) is 3.16. The molecule has 5 nitrogen and oxygen atoms in total. The van der Waals surface area contributed by atoms with Crippen molar-refractivity contribution in [3.05, 3.63) is 41.2 Å². The van der Waals surface area contributed by atoms with Gasteiger partial charge in [-0.25, -0.2) is 4.98 Å². The van der Waals surface area contributed by atoms with Crippen LogP contribution in [0, 0.1) is 13.8 Å². The molecular weight excluding hydrogens is 284 g/mol. The molecule has 1 amide bonds. The van der Waals surface area contributed by atoms with Crippen molar-refractivity contribution in [2.24, 2.45) is 0 Å². The van der Waals surface area contributed by atoms with Crippen LogP contribution in [0.5, 0.6) is 0 Å². The van der Waals surface area contributed by atoms with Gasteiger partial charge in [-0.3, -0.25) is 9.89 Å². The van der Waals surface area contributed by atoms with Crippen LogP contribution in [0.4, 0.5) is 0 Å². The van der Waals surface area contributed by atoms with E-state index >= 15 is 0 Å². The molecule has 2 rings (SSSR count). The van der Waals surface area contributed by atoms with Gasteiger partial charge in [0.2, 0.25) is 5.91 Å². The lowest BCUT2D eigenvalue weighted by Crippen LogP contribution is -2.35. The molecule has 0 radical (unpaired) electrons. The number of thioether (sulfide) groups is 1. The highest BCUT2D eigenvalue weighted by Gasteiger charge is 2.10. The summed E-state index contributed by atoms with van der Waals surface area (Å²) in [6.45, 7) is 6.22. The van der Waals surface area contributed by atoms with Crippen molar-refractivity contribution >= 4 is 17.7 Å². The zero-order chi connectivity index (χ0) is 15.2. The van der Waals surface area contributed by atoms with Gasteiger partial charge in [0.15, 0.2) is 5.16 Å². The Morgan fingerprint density at radius 1 is 1.43 bits per heavy atom. The first-order valence-corrected chi connectivity index (χ1v) is 7.87. The number of H-pyrrole nitrogens is 1. The molecular formula is C15H20N4OS. The Morgan fingerprint density at radius 2 is 2.24 bits per heavy atom. The van der Waals surface area contributed by atoms with Gasteiger partial charge in [0.1, 0.15) is 6.33 Å². The molecule has 21 heavy (non-hydrogen) atoms. The Bertz CT molecular complexity index is 598. The van der Waals surface area contributed by atoms with Crippen molar-refractivity contribution in [3.8, 4) is 0 Å². The zero-order valence-corrected chi connectivity index (χ0v) is 13.3. The summed E-state index contributed by atoms with van der Waals surface area (Å²) in [6, 6.07) is 6.52. The molecule has 0 bridgehead atoms. The fourth-order valence-corrected chi connectivity index (χ4v) is 2.76. The van der Waals surface area contributed by atoms with E-state index in [-0.39, 0.29) is 11.9 Å². The lowest BCUT2D eigenvalue weighted by molar-refractivity contribution is -0.119. The predicted molar refractivity (Wildman–Crippen MR) is 84.3 cm³/mol. The van der Waals surface area contributed by atoms with E-state index in [1.54, 1.807) is 0 Å². The number of benzene rings is 1. The monoisotopic (exact) mass is 304 g/mol. The lowest BCUT2D eigenvalue weighted by Gasteiger charge is -2.15. The Kier molecular flexibility index (Phi) is 5.38. The SMILES string of the molecule is Cc1ccc(C[C@@H](C)NC(=O)CSc2ncn[nH]2)c(C)c1. The molecule has 1 aromatic heterocycles. The quantitative estimate of drug-likeness (QED) is 0.803. The molecule has 0 unspecified atom stereocenters. The minimum absolute atomic E-state index is 0.00802. The number of aryl methyl sites for hydroxylation is 2. The molecule has 2 aromatic rings. The van der Waals surface area contributed by atoms with Crippen LogP contribution in [0.25, 0.3) is 0 Å². The van der Waals surface area contributed by atoms with Gasteiger partial charge in [0.05, 0.1) is 5.75 Å². The van der Waals surface area contributed by atoms with Gasteiger partial charge in [-0.05, 0) is 38.3 Å². The number of nitrogens with one attached hydrogen (secondary N) is 2. The second-order valence-electron chi connectivity index (χ2n) is 5.18. The zero-order valence-electron chi connectivity index (χ0n) is 12.5. The van der Waals surface area contributed by atoms with E-state index in [0.29, 0.717) is 10.9 Å². The molecule has 0 aliphatic rings. The highest BCUT2D eigenvalue weighted by Crippen LogP contribution is 2.13. The highest BCUT2D eigenvalue weighted by molar-refractivity contribution is 7.99. The van der Waals surface area contributed by atoms with Crippen molar-refractivity contribution in [2.75, 3.05) is 5.75 Å². The molecule has 112 valence electrons. The van der Waals surface area contributed by atoms with Gasteiger partial charge in [-0.1, -0.05) is 35.5 Å². The number of amides is 1. The maximum Gasteiger partial charge on any atom is 0.230 e. The number of carbonyl (C=O) groups excluding carboxylic acids is 1. The van der Waals surface area contributed by atoms with Gasteiger partial charge in [0, 0.05) is 6.04 Å². The van der Waals surface area contributed by atoms with E-state index in [9.17, 15) is 4.79 Å². The topological polar surface area (TPSA) is 70.7 Å². The summed E-state index contributed by atoms with van der Waals surface area (Å²) in [4.78, 5) is 15.9. The molecule has 0 fully saturated rings. The second-order valence-corrected chi connectivity index (χ2v) is 6.15. The van der Waals surface area contributed by atoms with E-state index in [1.165, 1.54) is 34.8 Å². The van der Waals surface area contributed by atoms with E-state index in [4.69, 9.17) is 0 Å². The van der Waals surface area contributed by atoms with Crippen molar-refractivity contribution < 1.29 is 4.79 Å². The molecule has 0 saturated carbocycles. The van der Waals surface area contributed by atoms with E-state index < -0.39 is 0 Å². The smallest absolute Gasteiger partial charge is 0.230 e. The van der Waals surface area contributed by atoms with E-state index in [2.05, 4.69) is 52.5 Å². The van der Waals surface area contributed by atoms with Crippen LogP contribution >= 0.6 is 11.8 Å². The van der Waals surface area contributed by atoms with Crippen LogP contribution in [0.15, 0.2) is 29.7 Å². The molecule has 1 heterocycles. The van der Waals surface area contributed by atoms with Gasteiger partial charge >= 0.3 is 0 Å².